The molecule has 0 atom stereocenters. The van der Waals surface area contributed by atoms with Crippen molar-refractivity contribution in [3.63, 3.8) is 0 Å². The Labute approximate surface area is 478 Å². The molecule has 0 radical (unpaired) electrons. The van der Waals surface area contributed by atoms with E-state index in [0.717, 1.165) is 17.1 Å². The largest absolute Gasteiger partial charge is 0.311 e. The summed E-state index contributed by atoms with van der Waals surface area (Å²) in [4.78, 5) is 2.39. The predicted octanol–water partition coefficient (Wildman–Crippen LogP) is 21.3. The Balaban J connectivity index is 0.814. The van der Waals surface area contributed by atoms with Gasteiger partial charge < -0.3 is 18.6 Å². The van der Waals surface area contributed by atoms with Crippen LogP contribution in [0.4, 0.5) is 17.1 Å². The smallest absolute Gasteiger partial charge is 0.0541 e. The first-order chi connectivity index (χ1) is 40.1. The van der Waals surface area contributed by atoms with Crippen molar-refractivity contribution in [2.24, 2.45) is 0 Å². The van der Waals surface area contributed by atoms with Gasteiger partial charge in [-0.2, -0.15) is 0 Å². The molecule has 15 aromatic rings. The van der Waals surface area contributed by atoms with Crippen molar-refractivity contribution in [1.82, 2.24) is 13.7 Å². The predicted molar refractivity (Wildman–Crippen MR) is 349 cm³/mol. The lowest BCUT2D eigenvalue weighted by Gasteiger charge is -2.26. The van der Waals surface area contributed by atoms with Crippen molar-refractivity contribution in [3.8, 4) is 50.4 Å². The second-order valence-electron chi connectivity index (χ2n) is 22.8. The molecule has 4 heteroatoms. The first kappa shape index (κ1) is 48.9. The molecule has 4 nitrogen and oxygen atoms in total. The van der Waals surface area contributed by atoms with E-state index in [1.54, 1.807) is 0 Å². The van der Waals surface area contributed by atoms with E-state index in [0.29, 0.717) is 0 Å². The quantitative estimate of drug-likeness (QED) is 0.141. The maximum Gasteiger partial charge on any atom is 0.0541 e. The van der Waals surface area contributed by atoms with E-state index in [1.807, 2.05) is 0 Å². The molecule has 12 aromatic carbocycles. The van der Waals surface area contributed by atoms with Crippen LogP contribution in [-0.4, -0.2) is 13.7 Å². The Kier molecular flexibility index (Phi) is 11.5. The van der Waals surface area contributed by atoms with Gasteiger partial charge in [-0.3, -0.25) is 0 Å². The zero-order valence-corrected chi connectivity index (χ0v) is 47.0. The number of rotatable bonds is 9. The van der Waals surface area contributed by atoms with E-state index in [4.69, 9.17) is 0 Å². The molecular formula is C78H60N4. The van der Waals surface area contributed by atoms with Gasteiger partial charge in [0.15, 0.2) is 0 Å². The molecule has 0 N–H and O–H groups in total. The van der Waals surface area contributed by atoms with Crippen molar-refractivity contribution < 1.29 is 0 Å². The third-order valence-electron chi connectivity index (χ3n) is 16.8. The van der Waals surface area contributed by atoms with Gasteiger partial charge in [0.2, 0.25) is 0 Å². The van der Waals surface area contributed by atoms with Crippen molar-refractivity contribution in [1.29, 1.82) is 0 Å². The molecule has 0 aliphatic rings. The number of aryl methyl sites for hydroxylation is 6. The second-order valence-corrected chi connectivity index (χ2v) is 22.8. The highest BCUT2D eigenvalue weighted by molar-refractivity contribution is 6.13. The maximum atomic E-state index is 2.42. The van der Waals surface area contributed by atoms with Crippen LogP contribution < -0.4 is 4.90 Å². The summed E-state index contributed by atoms with van der Waals surface area (Å²) in [5.74, 6) is 0. The fourth-order valence-corrected chi connectivity index (χ4v) is 13.4. The highest BCUT2D eigenvalue weighted by atomic mass is 15.1. The standard InChI is InChI=1S/C78H60N4/c1-49-37-50(2)41-64(40-49)80-73-16-10-7-13-67(73)70-46-58(25-34-76(70)80)55-19-28-61(29-20-55)79(62-30-21-56(22-31-62)59-26-35-77-71(47-59)68-14-8-11-17-74(68)81(77)65-42-51(3)38-52(4)43-65)63-32-23-57(24-33-63)60-27-36-78-72(48-60)69-15-9-12-18-75(69)82(78)66-44-53(5)39-54(6)45-66/h7-48H,1-6H3. The molecule has 82 heavy (non-hydrogen) atoms. The minimum Gasteiger partial charge on any atom is -0.311 e. The van der Waals surface area contributed by atoms with Gasteiger partial charge in [0, 0.05) is 66.4 Å². The van der Waals surface area contributed by atoms with E-state index in [-0.39, 0.29) is 0 Å². The average molecular weight is 1050 g/mol. The normalized spacial score (nSPS) is 11.8. The number of hydrogen-bond acceptors (Lipinski definition) is 1. The molecule has 0 fully saturated rings. The molecule has 392 valence electrons. The monoisotopic (exact) mass is 1050 g/mol. The van der Waals surface area contributed by atoms with Gasteiger partial charge in [-0.25, -0.2) is 0 Å². The Hall–Kier alpha value is -10.2. The molecule has 0 bridgehead atoms. The third-order valence-corrected chi connectivity index (χ3v) is 16.8. The molecule has 0 saturated heterocycles. The van der Waals surface area contributed by atoms with Gasteiger partial charge in [0.1, 0.15) is 0 Å². The van der Waals surface area contributed by atoms with Gasteiger partial charge in [0.05, 0.1) is 33.1 Å². The lowest BCUT2D eigenvalue weighted by molar-refractivity contribution is 1.16. The van der Waals surface area contributed by atoms with Gasteiger partial charge in [-0.15, -0.1) is 0 Å². The maximum absolute atomic E-state index is 2.42. The molecule has 0 amide bonds. The number of aromatic nitrogens is 3. The highest BCUT2D eigenvalue weighted by Gasteiger charge is 2.20. The van der Waals surface area contributed by atoms with Crippen LogP contribution in [0.3, 0.4) is 0 Å². The summed E-state index contributed by atoms with van der Waals surface area (Å²) in [6.45, 7) is 13.1. The Morgan fingerprint density at radius 3 is 0.707 bits per heavy atom. The van der Waals surface area contributed by atoms with Crippen LogP contribution in [-0.2, 0) is 0 Å². The Morgan fingerprint density at radius 2 is 0.439 bits per heavy atom. The zero-order chi connectivity index (χ0) is 55.3. The molecule has 0 aliphatic heterocycles. The van der Waals surface area contributed by atoms with Crippen molar-refractivity contribution in [2.45, 2.75) is 41.5 Å². The first-order valence-electron chi connectivity index (χ1n) is 28.5. The van der Waals surface area contributed by atoms with Crippen LogP contribution in [0.15, 0.2) is 255 Å². The van der Waals surface area contributed by atoms with Gasteiger partial charge in [-0.1, -0.05) is 127 Å². The number of nitrogens with zero attached hydrogens (tertiary/aromatic N) is 4. The summed E-state index contributed by atoms with van der Waals surface area (Å²) in [6, 6.07) is 95.1. The van der Waals surface area contributed by atoms with Crippen LogP contribution in [0.2, 0.25) is 0 Å². The first-order valence-corrected chi connectivity index (χ1v) is 28.5. The van der Waals surface area contributed by atoms with E-state index in [2.05, 4.69) is 315 Å². The van der Waals surface area contributed by atoms with Gasteiger partial charge in [0.25, 0.3) is 0 Å². The van der Waals surface area contributed by atoms with Gasteiger partial charge in [-0.05, 0) is 236 Å². The molecular weight excluding hydrogens is 993 g/mol. The van der Waals surface area contributed by atoms with Crippen LogP contribution in [0.5, 0.6) is 0 Å². The summed E-state index contributed by atoms with van der Waals surface area (Å²) < 4.78 is 7.25. The number of anilines is 3. The Bertz CT molecular complexity index is 4460. The molecule has 15 rings (SSSR count). The minimum atomic E-state index is 1.08. The summed E-state index contributed by atoms with van der Waals surface area (Å²) in [5, 5.41) is 7.49. The fourth-order valence-electron chi connectivity index (χ4n) is 13.4. The molecule has 0 unspecified atom stereocenters. The third kappa shape index (κ3) is 8.29. The lowest BCUT2D eigenvalue weighted by atomic mass is 10.0. The van der Waals surface area contributed by atoms with E-state index >= 15 is 0 Å². The summed E-state index contributed by atoms with van der Waals surface area (Å²) in [7, 11) is 0. The molecule has 3 aromatic heterocycles. The molecule has 0 spiro atoms. The average Bonchev–Trinajstić information content (AvgIpc) is 3.90. The molecule has 0 saturated carbocycles. The number of hydrogen-bond donors (Lipinski definition) is 0. The van der Waals surface area contributed by atoms with Crippen molar-refractivity contribution in [3.05, 3.63) is 288 Å². The summed E-state index contributed by atoms with van der Waals surface area (Å²) in [6.07, 6.45) is 0. The van der Waals surface area contributed by atoms with Gasteiger partial charge >= 0.3 is 0 Å². The summed E-state index contributed by atoms with van der Waals surface area (Å²) in [5.41, 5.74) is 28.7. The molecule has 0 aliphatic carbocycles. The van der Waals surface area contributed by atoms with Crippen molar-refractivity contribution >= 4 is 82.5 Å². The summed E-state index contributed by atoms with van der Waals surface area (Å²) >= 11 is 0. The number of fused-ring (bicyclic) bond motifs is 9. The van der Waals surface area contributed by atoms with Crippen LogP contribution in [0.1, 0.15) is 33.4 Å². The van der Waals surface area contributed by atoms with Crippen LogP contribution >= 0.6 is 0 Å². The van der Waals surface area contributed by atoms with E-state index < -0.39 is 0 Å². The van der Waals surface area contributed by atoms with Crippen molar-refractivity contribution in [2.75, 3.05) is 4.90 Å². The topological polar surface area (TPSA) is 18.0 Å². The Morgan fingerprint density at radius 1 is 0.207 bits per heavy atom. The number of benzene rings is 12. The number of para-hydroxylation sites is 3. The van der Waals surface area contributed by atoms with Crippen LogP contribution in [0.25, 0.3) is 116 Å². The highest BCUT2D eigenvalue weighted by Crippen LogP contribution is 2.42. The van der Waals surface area contributed by atoms with E-state index in [1.165, 1.54) is 149 Å². The van der Waals surface area contributed by atoms with E-state index in [9.17, 15) is 0 Å². The second kappa shape index (κ2) is 19.3. The SMILES string of the molecule is Cc1cc(C)cc(-n2c3ccccc3c3cc(-c4ccc(N(c5ccc(-c6ccc7c(c6)c6ccccc6n7-c6cc(C)cc(C)c6)cc5)c5ccc(-c6ccc7c(c6)c6ccccc6n7-c6cc(C)cc(C)c6)cc5)cc4)ccc32)c1. The fraction of sp³-hybridized carbons (Fsp3) is 0.0769. The molecule has 3 heterocycles. The minimum absolute atomic E-state index is 1.08. The zero-order valence-electron chi connectivity index (χ0n) is 47.0. The lowest BCUT2D eigenvalue weighted by Crippen LogP contribution is -2.09. The van der Waals surface area contributed by atoms with Crippen LogP contribution in [0, 0.1) is 41.5 Å².